The lowest BCUT2D eigenvalue weighted by atomic mass is 10.2. The topological polar surface area (TPSA) is 99.6 Å². The Bertz CT molecular complexity index is 848. The molecule has 1 saturated carbocycles. The lowest BCUT2D eigenvalue weighted by Crippen LogP contribution is -2.40. The van der Waals surface area contributed by atoms with Gasteiger partial charge in [-0.3, -0.25) is 4.99 Å². The lowest BCUT2D eigenvalue weighted by Gasteiger charge is -2.25. The van der Waals surface area contributed by atoms with E-state index in [1.807, 2.05) is 18.2 Å². The van der Waals surface area contributed by atoms with Crippen LogP contribution in [-0.4, -0.2) is 35.3 Å². The van der Waals surface area contributed by atoms with Gasteiger partial charge in [0, 0.05) is 17.8 Å². The van der Waals surface area contributed by atoms with Crippen LogP contribution >= 0.6 is 0 Å². The van der Waals surface area contributed by atoms with E-state index in [4.69, 9.17) is 5.26 Å². The first-order valence-corrected chi connectivity index (χ1v) is 7.84. The Labute approximate surface area is 139 Å². The molecule has 118 valence electrons. The van der Waals surface area contributed by atoms with Crippen molar-refractivity contribution in [1.82, 2.24) is 10.3 Å². The van der Waals surface area contributed by atoms with Gasteiger partial charge in [-0.1, -0.05) is 6.07 Å². The second kappa shape index (κ2) is 5.71. The molecule has 0 radical (unpaired) electrons. The van der Waals surface area contributed by atoms with Crippen molar-refractivity contribution in [2.24, 2.45) is 10.1 Å². The number of benzene rings is 1. The Hall–Kier alpha value is -3.32. The predicted molar refractivity (Wildman–Crippen MR) is 90.0 cm³/mol. The Balaban J connectivity index is 1.63. The minimum Gasteiger partial charge on any atom is -0.379 e. The maximum atomic E-state index is 9.30. The summed E-state index contributed by atoms with van der Waals surface area (Å²) >= 11 is 0. The molecular formula is C17H15N7. The van der Waals surface area contributed by atoms with Crippen molar-refractivity contribution in [2.75, 3.05) is 11.9 Å². The molecule has 2 heterocycles. The molecule has 0 saturated heterocycles. The van der Waals surface area contributed by atoms with Crippen LogP contribution in [0.4, 0.5) is 5.69 Å². The maximum Gasteiger partial charge on any atom is 0.169 e. The van der Waals surface area contributed by atoms with Crippen molar-refractivity contribution in [3.63, 3.8) is 0 Å². The molecule has 1 aliphatic carbocycles. The molecule has 1 unspecified atom stereocenters. The van der Waals surface area contributed by atoms with E-state index in [0.29, 0.717) is 24.0 Å². The molecular weight excluding hydrogens is 302 g/mol. The second-order valence-corrected chi connectivity index (χ2v) is 5.93. The number of hydrogen-bond acceptors (Lipinski definition) is 7. The highest BCUT2D eigenvalue weighted by Crippen LogP contribution is 2.25. The number of hydrogen-bond donors (Lipinski definition) is 2. The Kier molecular flexibility index (Phi) is 3.40. The van der Waals surface area contributed by atoms with Crippen LogP contribution in [0.25, 0.3) is 0 Å². The first-order valence-electron chi connectivity index (χ1n) is 7.84. The van der Waals surface area contributed by atoms with Gasteiger partial charge in [-0.15, -0.1) is 0 Å². The summed E-state index contributed by atoms with van der Waals surface area (Å²) in [5.41, 5.74) is 2.25. The van der Waals surface area contributed by atoms with Gasteiger partial charge in [-0.2, -0.15) is 15.6 Å². The highest BCUT2D eigenvalue weighted by molar-refractivity contribution is 6.13. The predicted octanol–water partition coefficient (Wildman–Crippen LogP) is 1.54. The third-order valence-corrected chi connectivity index (χ3v) is 4.01. The summed E-state index contributed by atoms with van der Waals surface area (Å²) in [6, 6.07) is 11.7. The van der Waals surface area contributed by atoms with Crippen LogP contribution in [0.15, 0.2) is 46.1 Å². The fourth-order valence-electron chi connectivity index (χ4n) is 2.67. The summed E-state index contributed by atoms with van der Waals surface area (Å²) in [6.45, 7) is 0.427. The minimum atomic E-state index is -0.382. The van der Waals surface area contributed by atoms with E-state index in [-0.39, 0.29) is 6.04 Å². The molecule has 1 fully saturated rings. The second-order valence-electron chi connectivity index (χ2n) is 5.93. The van der Waals surface area contributed by atoms with E-state index in [1.54, 1.807) is 17.1 Å². The molecule has 2 N–H and O–H groups in total. The summed E-state index contributed by atoms with van der Waals surface area (Å²) in [5.74, 6) is 1.35. The van der Waals surface area contributed by atoms with Crippen LogP contribution in [0.1, 0.15) is 18.4 Å². The van der Waals surface area contributed by atoms with Crippen LogP contribution in [0.5, 0.6) is 0 Å². The quantitative estimate of drug-likeness (QED) is 0.881. The highest BCUT2D eigenvalue weighted by Gasteiger charge is 2.35. The molecule has 1 atom stereocenters. The molecule has 24 heavy (non-hydrogen) atoms. The number of nitriles is 2. The SMILES string of the molecule is N#Cc1cccc(NC2=NN3C(=NCC3C#N)C(NC3CC3)=C2)c1. The number of aliphatic imine (C=N–C) groups is 1. The number of amidine groups is 2. The number of rotatable bonds is 3. The van der Waals surface area contributed by atoms with Gasteiger partial charge in [0.1, 0.15) is 0 Å². The van der Waals surface area contributed by atoms with Crippen molar-refractivity contribution in [2.45, 2.75) is 24.9 Å². The zero-order valence-electron chi connectivity index (χ0n) is 12.9. The van der Waals surface area contributed by atoms with Gasteiger partial charge in [0.05, 0.1) is 29.9 Å². The molecule has 1 aromatic rings. The fourth-order valence-corrected chi connectivity index (χ4v) is 2.67. The Morgan fingerprint density at radius 3 is 2.88 bits per heavy atom. The smallest absolute Gasteiger partial charge is 0.169 e. The van der Waals surface area contributed by atoms with Crippen LogP contribution in [-0.2, 0) is 0 Å². The molecule has 0 spiro atoms. The number of anilines is 1. The van der Waals surface area contributed by atoms with Gasteiger partial charge in [0.2, 0.25) is 0 Å². The van der Waals surface area contributed by atoms with E-state index >= 15 is 0 Å². The lowest BCUT2D eigenvalue weighted by molar-refractivity contribution is 0.417. The van der Waals surface area contributed by atoms with Crippen molar-refractivity contribution >= 4 is 17.4 Å². The molecule has 4 rings (SSSR count). The van der Waals surface area contributed by atoms with Crippen LogP contribution in [0.2, 0.25) is 0 Å². The summed E-state index contributed by atoms with van der Waals surface area (Å²) in [5, 5.41) is 31.2. The van der Waals surface area contributed by atoms with Crippen molar-refractivity contribution in [3.8, 4) is 12.1 Å². The summed E-state index contributed by atoms with van der Waals surface area (Å²) in [6.07, 6.45) is 4.21. The number of fused-ring (bicyclic) bond motifs is 1. The largest absolute Gasteiger partial charge is 0.379 e. The van der Waals surface area contributed by atoms with Gasteiger partial charge in [0.25, 0.3) is 0 Å². The van der Waals surface area contributed by atoms with Gasteiger partial charge in [0.15, 0.2) is 17.7 Å². The van der Waals surface area contributed by atoms with Gasteiger partial charge >= 0.3 is 0 Å². The van der Waals surface area contributed by atoms with E-state index < -0.39 is 0 Å². The zero-order valence-corrected chi connectivity index (χ0v) is 12.9. The first kappa shape index (κ1) is 14.3. The van der Waals surface area contributed by atoms with E-state index in [0.717, 1.165) is 30.1 Å². The molecule has 7 nitrogen and oxygen atoms in total. The number of hydrazone groups is 1. The molecule has 7 heteroatoms. The number of nitrogens with one attached hydrogen (secondary N) is 2. The summed E-state index contributed by atoms with van der Waals surface area (Å²) in [4.78, 5) is 4.45. The summed E-state index contributed by atoms with van der Waals surface area (Å²) in [7, 11) is 0. The number of nitrogens with zero attached hydrogens (tertiary/aromatic N) is 5. The average molecular weight is 317 g/mol. The molecule has 1 aromatic carbocycles. The molecule has 0 bridgehead atoms. The highest BCUT2D eigenvalue weighted by atomic mass is 15.5. The maximum absolute atomic E-state index is 9.30. The van der Waals surface area contributed by atoms with Gasteiger partial charge < -0.3 is 10.6 Å². The third kappa shape index (κ3) is 2.68. The van der Waals surface area contributed by atoms with Gasteiger partial charge in [-0.25, -0.2) is 5.01 Å². The van der Waals surface area contributed by atoms with Crippen molar-refractivity contribution in [3.05, 3.63) is 41.6 Å². The fraction of sp³-hybridized carbons (Fsp3) is 0.294. The van der Waals surface area contributed by atoms with Crippen LogP contribution < -0.4 is 10.6 Å². The van der Waals surface area contributed by atoms with Gasteiger partial charge in [-0.05, 0) is 31.0 Å². The summed E-state index contributed by atoms with van der Waals surface area (Å²) < 4.78 is 0. The van der Waals surface area contributed by atoms with Crippen LogP contribution in [0, 0.1) is 22.7 Å². The molecule has 3 aliphatic rings. The normalized spacial score (nSPS) is 21.7. The first-order chi connectivity index (χ1) is 11.8. The monoisotopic (exact) mass is 317 g/mol. The molecule has 2 aliphatic heterocycles. The average Bonchev–Trinajstić information content (AvgIpc) is 3.32. The van der Waals surface area contributed by atoms with E-state index in [2.05, 4.69) is 32.9 Å². The Morgan fingerprint density at radius 1 is 1.25 bits per heavy atom. The third-order valence-electron chi connectivity index (χ3n) is 4.01. The molecule has 0 amide bonds. The van der Waals surface area contributed by atoms with E-state index in [1.165, 1.54) is 0 Å². The van der Waals surface area contributed by atoms with Crippen molar-refractivity contribution < 1.29 is 0 Å². The Morgan fingerprint density at radius 2 is 2.12 bits per heavy atom. The zero-order chi connectivity index (χ0) is 16.5. The van der Waals surface area contributed by atoms with Crippen molar-refractivity contribution in [1.29, 1.82) is 10.5 Å². The minimum absolute atomic E-state index is 0.382. The molecule has 0 aromatic heterocycles. The van der Waals surface area contributed by atoms with Crippen LogP contribution in [0.3, 0.4) is 0 Å². The standard InChI is InChI=1S/C17H15N7/c18-8-11-2-1-3-13(6-11)22-16-7-15(21-12-4-5-12)17-20-10-14(9-19)24(17)23-16/h1-3,6-7,12,14,21H,4-5,10H2,(H,22,23). The van der Waals surface area contributed by atoms with E-state index in [9.17, 15) is 5.26 Å².